The fourth-order valence-electron chi connectivity index (χ4n) is 1.90. The Morgan fingerprint density at radius 1 is 1.61 bits per heavy atom. The van der Waals surface area contributed by atoms with Crippen LogP contribution in [-0.2, 0) is 15.1 Å². The number of carbonyl (C=O) groups excluding carboxylic acids is 1. The molecule has 1 aromatic rings. The highest BCUT2D eigenvalue weighted by Crippen LogP contribution is 2.30. The van der Waals surface area contributed by atoms with Crippen molar-refractivity contribution < 1.29 is 9.53 Å². The number of rotatable bonds is 6. The van der Waals surface area contributed by atoms with Gasteiger partial charge in [0.15, 0.2) is 0 Å². The van der Waals surface area contributed by atoms with Crippen molar-refractivity contribution in [3.63, 3.8) is 0 Å². The number of esters is 1. The summed E-state index contributed by atoms with van der Waals surface area (Å²) in [7, 11) is 0. The van der Waals surface area contributed by atoms with Crippen LogP contribution in [0, 0.1) is 5.92 Å². The van der Waals surface area contributed by atoms with Crippen LogP contribution < -0.4 is 5.32 Å². The van der Waals surface area contributed by atoms with Gasteiger partial charge in [0.25, 0.3) is 0 Å². The molecule has 4 heteroatoms. The molecule has 0 aliphatic heterocycles. The molecule has 0 amide bonds. The fourth-order valence-corrected chi connectivity index (χ4v) is 1.90. The molecule has 0 spiro atoms. The summed E-state index contributed by atoms with van der Waals surface area (Å²) in [6.07, 6.45) is 5.92. The molecule has 1 fully saturated rings. The van der Waals surface area contributed by atoms with Crippen LogP contribution in [0.5, 0.6) is 0 Å². The Hall–Kier alpha value is -1.42. The third-order valence-electron chi connectivity index (χ3n) is 3.36. The summed E-state index contributed by atoms with van der Waals surface area (Å²) in [6.45, 7) is 4.93. The van der Waals surface area contributed by atoms with Crippen molar-refractivity contribution >= 4 is 5.97 Å². The molecule has 1 atom stereocenters. The third kappa shape index (κ3) is 2.88. The maximum atomic E-state index is 12.2. The first-order valence-corrected chi connectivity index (χ1v) is 6.49. The number of carbonyl (C=O) groups is 1. The summed E-state index contributed by atoms with van der Waals surface area (Å²) >= 11 is 0. The molecule has 1 unspecified atom stereocenters. The van der Waals surface area contributed by atoms with Gasteiger partial charge in [-0.15, -0.1) is 0 Å². The van der Waals surface area contributed by atoms with Crippen molar-refractivity contribution in [1.29, 1.82) is 0 Å². The predicted molar refractivity (Wildman–Crippen MR) is 68.9 cm³/mol. The number of hydrogen-bond acceptors (Lipinski definition) is 4. The highest BCUT2D eigenvalue weighted by atomic mass is 16.5. The summed E-state index contributed by atoms with van der Waals surface area (Å²) in [4.78, 5) is 16.3. The quantitative estimate of drug-likeness (QED) is 0.781. The maximum absolute atomic E-state index is 12.2. The van der Waals surface area contributed by atoms with Gasteiger partial charge < -0.3 is 4.74 Å². The lowest BCUT2D eigenvalue weighted by molar-refractivity contribution is -0.151. The Bertz CT molecular complexity index is 404. The highest BCUT2D eigenvalue weighted by molar-refractivity contribution is 5.82. The van der Waals surface area contributed by atoms with E-state index in [0.29, 0.717) is 12.5 Å². The number of nitrogens with one attached hydrogen (secondary N) is 1. The molecule has 98 valence electrons. The summed E-state index contributed by atoms with van der Waals surface area (Å²) < 4.78 is 5.18. The molecule has 1 aliphatic rings. The zero-order valence-corrected chi connectivity index (χ0v) is 11.0. The molecule has 1 aromatic heterocycles. The van der Waals surface area contributed by atoms with E-state index in [1.54, 1.807) is 12.4 Å². The van der Waals surface area contributed by atoms with Gasteiger partial charge in [0, 0.05) is 18.0 Å². The van der Waals surface area contributed by atoms with Gasteiger partial charge in [0.05, 0.1) is 6.61 Å². The Labute approximate surface area is 108 Å². The zero-order chi connectivity index (χ0) is 13.0. The topological polar surface area (TPSA) is 51.2 Å². The van der Waals surface area contributed by atoms with E-state index >= 15 is 0 Å². The Morgan fingerprint density at radius 3 is 2.94 bits per heavy atom. The van der Waals surface area contributed by atoms with Gasteiger partial charge in [-0.2, -0.15) is 0 Å². The number of pyridine rings is 1. The van der Waals surface area contributed by atoms with Crippen LogP contribution in [0.25, 0.3) is 0 Å². The van der Waals surface area contributed by atoms with Gasteiger partial charge in [-0.05, 0) is 45.2 Å². The second-order valence-corrected chi connectivity index (χ2v) is 4.91. The largest absolute Gasteiger partial charge is 0.464 e. The number of nitrogens with zero attached hydrogens (tertiary/aromatic N) is 1. The van der Waals surface area contributed by atoms with E-state index in [1.165, 1.54) is 12.8 Å². The van der Waals surface area contributed by atoms with Gasteiger partial charge in [0.1, 0.15) is 5.54 Å². The number of aromatic nitrogens is 1. The Morgan fingerprint density at radius 2 is 2.39 bits per heavy atom. The smallest absolute Gasteiger partial charge is 0.330 e. The van der Waals surface area contributed by atoms with E-state index in [1.807, 2.05) is 26.0 Å². The van der Waals surface area contributed by atoms with E-state index in [9.17, 15) is 4.79 Å². The summed E-state index contributed by atoms with van der Waals surface area (Å²) in [5.41, 5.74) is 0.0523. The molecule has 18 heavy (non-hydrogen) atoms. The van der Waals surface area contributed by atoms with E-state index in [2.05, 4.69) is 10.3 Å². The van der Waals surface area contributed by atoms with Crippen molar-refractivity contribution in [1.82, 2.24) is 10.3 Å². The van der Waals surface area contributed by atoms with Crippen molar-refractivity contribution in [3.8, 4) is 0 Å². The molecule has 1 heterocycles. The number of ether oxygens (including phenoxy) is 1. The van der Waals surface area contributed by atoms with Crippen molar-refractivity contribution in [2.24, 2.45) is 5.92 Å². The molecule has 1 aliphatic carbocycles. The molecular formula is C14H20N2O2. The molecule has 0 aromatic carbocycles. The van der Waals surface area contributed by atoms with Crippen LogP contribution >= 0.6 is 0 Å². The average molecular weight is 248 g/mol. The van der Waals surface area contributed by atoms with E-state index in [0.717, 1.165) is 12.1 Å². The Kier molecular flexibility index (Phi) is 3.97. The lowest BCUT2D eigenvalue weighted by Gasteiger charge is -2.28. The first kappa shape index (κ1) is 13.0. The monoisotopic (exact) mass is 248 g/mol. The molecule has 4 nitrogen and oxygen atoms in total. The van der Waals surface area contributed by atoms with Crippen LogP contribution in [0.15, 0.2) is 24.5 Å². The van der Waals surface area contributed by atoms with Crippen molar-refractivity contribution in [3.05, 3.63) is 30.1 Å². The molecular weight excluding hydrogens is 228 g/mol. The van der Waals surface area contributed by atoms with Crippen LogP contribution in [0.4, 0.5) is 0 Å². The van der Waals surface area contributed by atoms with Crippen molar-refractivity contribution in [2.75, 3.05) is 13.2 Å². The normalized spacial score (nSPS) is 18.1. The van der Waals surface area contributed by atoms with Gasteiger partial charge in [-0.25, -0.2) is 4.79 Å². The van der Waals surface area contributed by atoms with Gasteiger partial charge in [-0.3, -0.25) is 10.3 Å². The Balaban J connectivity index is 2.17. The standard InChI is InChI=1S/C14H20N2O2/c1-3-18-13(17)14(2,16-9-11-6-7-11)12-5-4-8-15-10-12/h4-5,8,10-11,16H,3,6-7,9H2,1-2H3. The second kappa shape index (κ2) is 5.48. The molecule has 0 bridgehead atoms. The lowest BCUT2D eigenvalue weighted by atomic mass is 9.93. The van der Waals surface area contributed by atoms with Crippen LogP contribution in [0.1, 0.15) is 32.3 Å². The number of hydrogen-bond donors (Lipinski definition) is 1. The minimum absolute atomic E-state index is 0.237. The van der Waals surface area contributed by atoms with Crippen LogP contribution in [-0.4, -0.2) is 24.1 Å². The summed E-state index contributed by atoms with van der Waals surface area (Å²) in [6, 6.07) is 3.75. The summed E-state index contributed by atoms with van der Waals surface area (Å²) in [5.74, 6) is 0.467. The first-order chi connectivity index (χ1) is 8.66. The molecule has 2 rings (SSSR count). The minimum atomic E-state index is -0.799. The maximum Gasteiger partial charge on any atom is 0.330 e. The predicted octanol–water partition coefficient (Wildman–Crippen LogP) is 1.86. The first-order valence-electron chi connectivity index (χ1n) is 6.49. The van der Waals surface area contributed by atoms with E-state index in [4.69, 9.17) is 4.74 Å². The van der Waals surface area contributed by atoms with E-state index < -0.39 is 5.54 Å². The van der Waals surface area contributed by atoms with Crippen molar-refractivity contribution in [2.45, 2.75) is 32.2 Å². The van der Waals surface area contributed by atoms with Gasteiger partial charge >= 0.3 is 5.97 Å². The molecule has 1 N–H and O–H groups in total. The summed E-state index contributed by atoms with van der Waals surface area (Å²) in [5, 5.41) is 3.34. The lowest BCUT2D eigenvalue weighted by Crippen LogP contribution is -2.48. The van der Waals surface area contributed by atoms with Crippen LogP contribution in [0.3, 0.4) is 0 Å². The zero-order valence-electron chi connectivity index (χ0n) is 11.0. The van der Waals surface area contributed by atoms with E-state index in [-0.39, 0.29) is 5.97 Å². The fraction of sp³-hybridized carbons (Fsp3) is 0.571. The van der Waals surface area contributed by atoms with Crippen LogP contribution in [0.2, 0.25) is 0 Å². The minimum Gasteiger partial charge on any atom is -0.464 e. The van der Waals surface area contributed by atoms with Gasteiger partial charge in [0.2, 0.25) is 0 Å². The molecule has 0 radical (unpaired) electrons. The highest BCUT2D eigenvalue weighted by Gasteiger charge is 2.38. The molecule has 1 saturated carbocycles. The third-order valence-corrected chi connectivity index (χ3v) is 3.36. The average Bonchev–Trinajstić information content (AvgIpc) is 3.21. The molecule has 0 saturated heterocycles. The second-order valence-electron chi connectivity index (χ2n) is 4.91. The van der Waals surface area contributed by atoms with Gasteiger partial charge in [-0.1, -0.05) is 6.07 Å². The SMILES string of the molecule is CCOC(=O)C(C)(NCC1CC1)c1cccnc1.